The summed E-state index contributed by atoms with van der Waals surface area (Å²) in [4.78, 5) is 15.2. The Labute approximate surface area is 165 Å². The van der Waals surface area contributed by atoms with Crippen LogP contribution >= 0.6 is 11.8 Å². The Balaban J connectivity index is 1.43. The van der Waals surface area contributed by atoms with Crippen molar-refractivity contribution in [2.24, 2.45) is 5.92 Å². The van der Waals surface area contributed by atoms with Gasteiger partial charge >= 0.3 is 0 Å². The Morgan fingerprint density at radius 3 is 2.81 bits per heavy atom. The molecule has 0 radical (unpaired) electrons. The minimum absolute atomic E-state index is 0.203. The fourth-order valence-corrected chi connectivity index (χ4v) is 4.72. The van der Waals surface area contributed by atoms with Crippen molar-refractivity contribution in [2.45, 2.75) is 69.7 Å². The van der Waals surface area contributed by atoms with E-state index in [0.717, 1.165) is 23.9 Å². The molecule has 4 rings (SSSR count). The van der Waals surface area contributed by atoms with Crippen LogP contribution in [-0.4, -0.2) is 37.4 Å². The summed E-state index contributed by atoms with van der Waals surface area (Å²) < 4.78 is 2.22. The molecule has 144 valence electrons. The van der Waals surface area contributed by atoms with Crippen LogP contribution in [0, 0.1) is 5.92 Å². The number of carbonyl (C=O) groups excluding carboxylic acids is 1. The van der Waals surface area contributed by atoms with Gasteiger partial charge in [0.25, 0.3) is 0 Å². The maximum atomic E-state index is 13.1. The molecule has 27 heavy (non-hydrogen) atoms. The SMILES string of the molecule is CC(C1CC1)N(Cc1ccccc1)C(=O)CSc1nnc2n1CCCCC2. The first-order valence-electron chi connectivity index (χ1n) is 10.1. The number of aryl methyl sites for hydroxylation is 1. The molecule has 5 nitrogen and oxygen atoms in total. The standard InChI is InChI=1S/C21H28N4OS/c1-16(18-11-12-18)25(14-17-8-4-2-5-9-17)20(26)15-27-21-23-22-19-10-6-3-7-13-24(19)21/h2,4-5,8-9,16,18H,3,6-7,10-15H2,1H3. The molecule has 0 N–H and O–H groups in total. The smallest absolute Gasteiger partial charge is 0.233 e. The van der Waals surface area contributed by atoms with E-state index in [0.29, 0.717) is 24.3 Å². The third kappa shape index (κ3) is 4.54. The number of nitrogens with zero attached hydrogens (tertiary/aromatic N) is 4. The van der Waals surface area contributed by atoms with Crippen molar-refractivity contribution in [3.05, 3.63) is 41.7 Å². The van der Waals surface area contributed by atoms with E-state index in [1.165, 1.54) is 37.7 Å². The maximum absolute atomic E-state index is 13.1. The Morgan fingerprint density at radius 1 is 1.22 bits per heavy atom. The van der Waals surface area contributed by atoms with Crippen LogP contribution < -0.4 is 0 Å². The average molecular weight is 385 g/mol. The molecule has 1 aliphatic carbocycles. The van der Waals surface area contributed by atoms with Gasteiger partial charge in [0.05, 0.1) is 5.75 Å². The summed E-state index contributed by atoms with van der Waals surface area (Å²) in [5.41, 5.74) is 1.19. The number of hydrogen-bond donors (Lipinski definition) is 0. The van der Waals surface area contributed by atoms with E-state index in [1.54, 1.807) is 11.8 Å². The third-order valence-electron chi connectivity index (χ3n) is 5.71. The predicted octanol–water partition coefficient (Wildman–Crippen LogP) is 3.92. The first kappa shape index (κ1) is 18.5. The molecule has 2 aromatic rings. The highest BCUT2D eigenvalue weighted by Gasteiger charge is 2.34. The van der Waals surface area contributed by atoms with E-state index in [-0.39, 0.29) is 5.91 Å². The van der Waals surface area contributed by atoms with Crippen LogP contribution in [-0.2, 0) is 24.3 Å². The molecule has 2 heterocycles. The number of fused-ring (bicyclic) bond motifs is 1. The van der Waals surface area contributed by atoms with Gasteiger partial charge < -0.3 is 9.47 Å². The first-order valence-corrected chi connectivity index (χ1v) is 11.1. The quantitative estimate of drug-likeness (QED) is 0.679. The molecule has 2 aliphatic rings. The van der Waals surface area contributed by atoms with E-state index >= 15 is 0 Å². The van der Waals surface area contributed by atoms with Crippen LogP contribution in [0.25, 0.3) is 0 Å². The Morgan fingerprint density at radius 2 is 2.04 bits per heavy atom. The molecule has 0 bridgehead atoms. The summed E-state index contributed by atoms with van der Waals surface area (Å²) in [7, 11) is 0. The number of amides is 1. The van der Waals surface area contributed by atoms with Crippen molar-refractivity contribution in [3.63, 3.8) is 0 Å². The molecule has 0 saturated heterocycles. The molecular formula is C21H28N4OS. The highest BCUT2D eigenvalue weighted by Crippen LogP contribution is 2.36. The van der Waals surface area contributed by atoms with Crippen LogP contribution in [0.1, 0.15) is 50.4 Å². The normalized spacial score (nSPS) is 17.8. The molecule has 1 aromatic carbocycles. The Hall–Kier alpha value is -1.82. The molecule has 1 aromatic heterocycles. The van der Waals surface area contributed by atoms with Gasteiger partial charge in [0.2, 0.25) is 5.91 Å². The number of thioether (sulfide) groups is 1. The van der Waals surface area contributed by atoms with Gasteiger partial charge in [-0.25, -0.2) is 0 Å². The molecule has 1 atom stereocenters. The van der Waals surface area contributed by atoms with E-state index in [9.17, 15) is 4.79 Å². The van der Waals surface area contributed by atoms with E-state index in [4.69, 9.17) is 0 Å². The lowest BCUT2D eigenvalue weighted by Crippen LogP contribution is -2.40. The summed E-state index contributed by atoms with van der Waals surface area (Å²) in [5.74, 6) is 2.37. The highest BCUT2D eigenvalue weighted by atomic mass is 32.2. The van der Waals surface area contributed by atoms with Crippen molar-refractivity contribution in [2.75, 3.05) is 5.75 Å². The number of aromatic nitrogens is 3. The zero-order valence-corrected chi connectivity index (χ0v) is 16.8. The van der Waals surface area contributed by atoms with Crippen molar-refractivity contribution in [1.29, 1.82) is 0 Å². The summed E-state index contributed by atoms with van der Waals surface area (Å²) in [6, 6.07) is 10.6. The zero-order chi connectivity index (χ0) is 18.6. The average Bonchev–Trinajstić information content (AvgIpc) is 3.50. The molecule has 1 fully saturated rings. The van der Waals surface area contributed by atoms with Crippen LogP contribution in [0.4, 0.5) is 0 Å². The van der Waals surface area contributed by atoms with Gasteiger partial charge in [-0.15, -0.1) is 10.2 Å². The number of benzene rings is 1. The van der Waals surface area contributed by atoms with Gasteiger partial charge in [-0.1, -0.05) is 48.5 Å². The van der Waals surface area contributed by atoms with Gasteiger partial charge in [0, 0.05) is 25.6 Å². The zero-order valence-electron chi connectivity index (χ0n) is 16.0. The third-order valence-corrected chi connectivity index (χ3v) is 6.66. The second kappa shape index (κ2) is 8.46. The molecule has 1 saturated carbocycles. The van der Waals surface area contributed by atoms with Crippen LogP contribution in [0.2, 0.25) is 0 Å². The second-order valence-electron chi connectivity index (χ2n) is 7.74. The largest absolute Gasteiger partial charge is 0.335 e. The molecule has 0 spiro atoms. The number of carbonyl (C=O) groups is 1. The van der Waals surface area contributed by atoms with Crippen molar-refractivity contribution in [3.8, 4) is 0 Å². The fourth-order valence-electron chi connectivity index (χ4n) is 3.85. The topological polar surface area (TPSA) is 51.0 Å². The van der Waals surface area contributed by atoms with Gasteiger partial charge in [-0.05, 0) is 44.1 Å². The lowest BCUT2D eigenvalue weighted by Gasteiger charge is -2.29. The molecule has 1 amide bonds. The summed E-state index contributed by atoms with van der Waals surface area (Å²) in [5, 5.41) is 9.60. The van der Waals surface area contributed by atoms with E-state index in [1.807, 2.05) is 18.2 Å². The molecule has 1 unspecified atom stereocenters. The van der Waals surface area contributed by atoms with Crippen molar-refractivity contribution >= 4 is 17.7 Å². The van der Waals surface area contributed by atoms with Gasteiger partial charge in [0.1, 0.15) is 5.82 Å². The first-order chi connectivity index (χ1) is 13.2. The van der Waals surface area contributed by atoms with E-state index in [2.05, 4.69) is 38.7 Å². The Kier molecular flexibility index (Phi) is 5.81. The molecular weight excluding hydrogens is 356 g/mol. The fraction of sp³-hybridized carbons (Fsp3) is 0.571. The van der Waals surface area contributed by atoms with Crippen molar-refractivity contribution in [1.82, 2.24) is 19.7 Å². The summed E-state index contributed by atoms with van der Waals surface area (Å²) in [6.45, 7) is 3.87. The highest BCUT2D eigenvalue weighted by molar-refractivity contribution is 7.99. The number of hydrogen-bond acceptors (Lipinski definition) is 4. The van der Waals surface area contributed by atoms with Crippen LogP contribution in [0.15, 0.2) is 35.5 Å². The van der Waals surface area contributed by atoms with Crippen LogP contribution in [0.3, 0.4) is 0 Å². The second-order valence-corrected chi connectivity index (χ2v) is 8.68. The van der Waals surface area contributed by atoms with E-state index < -0.39 is 0 Å². The minimum atomic E-state index is 0.203. The van der Waals surface area contributed by atoms with Crippen molar-refractivity contribution < 1.29 is 4.79 Å². The van der Waals surface area contributed by atoms with Gasteiger partial charge in [-0.2, -0.15) is 0 Å². The number of rotatable bonds is 7. The summed E-state index contributed by atoms with van der Waals surface area (Å²) in [6.07, 6.45) is 7.09. The predicted molar refractivity (Wildman–Crippen MR) is 107 cm³/mol. The minimum Gasteiger partial charge on any atom is -0.335 e. The molecule has 1 aliphatic heterocycles. The molecule has 6 heteroatoms. The lowest BCUT2D eigenvalue weighted by molar-refractivity contribution is -0.131. The maximum Gasteiger partial charge on any atom is 0.233 e. The van der Waals surface area contributed by atoms with Crippen LogP contribution in [0.5, 0.6) is 0 Å². The van der Waals surface area contributed by atoms with Gasteiger partial charge in [-0.3, -0.25) is 4.79 Å². The summed E-state index contributed by atoms with van der Waals surface area (Å²) >= 11 is 1.55. The lowest BCUT2D eigenvalue weighted by atomic mass is 10.1. The Bertz CT molecular complexity index is 772. The van der Waals surface area contributed by atoms with Gasteiger partial charge in [0.15, 0.2) is 5.16 Å². The monoisotopic (exact) mass is 384 g/mol.